The lowest BCUT2D eigenvalue weighted by Gasteiger charge is -2.32. The molecular weight excluding hydrogens is 190 g/mol. The van der Waals surface area contributed by atoms with E-state index in [1.165, 1.54) is 38.0 Å². The van der Waals surface area contributed by atoms with Crippen LogP contribution in [0.4, 0.5) is 0 Å². The molecule has 0 bridgehead atoms. The van der Waals surface area contributed by atoms with E-state index in [1.807, 2.05) is 11.8 Å². The first-order valence-corrected chi connectivity index (χ1v) is 7.34. The predicted octanol–water partition coefficient (Wildman–Crippen LogP) is 3.15. The van der Waals surface area contributed by atoms with Gasteiger partial charge in [-0.05, 0) is 56.1 Å². The van der Waals surface area contributed by atoms with Crippen molar-refractivity contribution < 1.29 is 0 Å². The first kappa shape index (κ1) is 12.4. The van der Waals surface area contributed by atoms with Crippen LogP contribution in [-0.2, 0) is 0 Å². The molecule has 0 aliphatic heterocycles. The van der Waals surface area contributed by atoms with Gasteiger partial charge < -0.3 is 5.32 Å². The Labute approximate surface area is 93.4 Å². The number of hydrogen-bond acceptors (Lipinski definition) is 2. The van der Waals surface area contributed by atoms with Crippen LogP contribution >= 0.6 is 11.8 Å². The van der Waals surface area contributed by atoms with Gasteiger partial charge in [0, 0.05) is 6.04 Å². The zero-order chi connectivity index (χ0) is 10.4. The van der Waals surface area contributed by atoms with Gasteiger partial charge in [0.15, 0.2) is 0 Å². The number of thioether (sulfide) groups is 1. The summed E-state index contributed by atoms with van der Waals surface area (Å²) in [7, 11) is 0. The summed E-state index contributed by atoms with van der Waals surface area (Å²) >= 11 is 1.95. The van der Waals surface area contributed by atoms with Crippen molar-refractivity contribution in [2.24, 2.45) is 11.8 Å². The van der Waals surface area contributed by atoms with Gasteiger partial charge in [0.1, 0.15) is 0 Å². The summed E-state index contributed by atoms with van der Waals surface area (Å²) in [5.74, 6) is 3.15. The lowest BCUT2D eigenvalue weighted by atomic mass is 9.80. The van der Waals surface area contributed by atoms with Crippen LogP contribution < -0.4 is 5.32 Å². The molecule has 1 nitrogen and oxygen atoms in total. The zero-order valence-electron chi connectivity index (χ0n) is 9.88. The molecule has 0 amide bonds. The highest BCUT2D eigenvalue weighted by molar-refractivity contribution is 7.98. The minimum atomic E-state index is 0.801. The highest BCUT2D eigenvalue weighted by Crippen LogP contribution is 2.28. The molecule has 1 aliphatic rings. The summed E-state index contributed by atoms with van der Waals surface area (Å²) in [5, 5.41) is 3.70. The third-order valence-corrected chi connectivity index (χ3v) is 3.83. The van der Waals surface area contributed by atoms with E-state index in [0.29, 0.717) is 0 Å². The average molecular weight is 215 g/mol. The molecule has 1 saturated carbocycles. The Kier molecular flexibility index (Phi) is 5.95. The maximum absolute atomic E-state index is 3.70. The Morgan fingerprint density at radius 2 is 1.79 bits per heavy atom. The van der Waals surface area contributed by atoms with Gasteiger partial charge in [-0.15, -0.1) is 0 Å². The average Bonchev–Trinajstić information content (AvgIpc) is 2.11. The van der Waals surface area contributed by atoms with E-state index in [0.717, 1.165) is 17.9 Å². The molecule has 0 radical (unpaired) electrons. The van der Waals surface area contributed by atoms with Crippen LogP contribution in [0, 0.1) is 11.8 Å². The van der Waals surface area contributed by atoms with Gasteiger partial charge in [-0.3, -0.25) is 0 Å². The number of rotatable bonds is 5. The maximum atomic E-state index is 3.70. The largest absolute Gasteiger partial charge is 0.314 e. The minimum absolute atomic E-state index is 0.801. The van der Waals surface area contributed by atoms with Gasteiger partial charge in [0.05, 0.1) is 0 Å². The van der Waals surface area contributed by atoms with E-state index in [4.69, 9.17) is 0 Å². The van der Waals surface area contributed by atoms with Gasteiger partial charge in [-0.2, -0.15) is 11.8 Å². The van der Waals surface area contributed by atoms with Crippen molar-refractivity contribution in [1.82, 2.24) is 5.32 Å². The van der Waals surface area contributed by atoms with Crippen molar-refractivity contribution >= 4 is 11.8 Å². The Morgan fingerprint density at radius 3 is 2.36 bits per heavy atom. The van der Waals surface area contributed by atoms with E-state index in [1.54, 1.807) is 0 Å². The molecule has 0 aromatic rings. The molecule has 1 N–H and O–H groups in total. The summed E-state index contributed by atoms with van der Waals surface area (Å²) in [6, 6.07) is 0.801. The van der Waals surface area contributed by atoms with Crippen LogP contribution in [-0.4, -0.2) is 24.6 Å². The summed E-state index contributed by atoms with van der Waals surface area (Å²) in [5.41, 5.74) is 0. The lowest BCUT2D eigenvalue weighted by molar-refractivity contribution is 0.240. The maximum Gasteiger partial charge on any atom is 0.00721 e. The van der Waals surface area contributed by atoms with Crippen LogP contribution in [0.2, 0.25) is 0 Å². The molecule has 2 heteroatoms. The fourth-order valence-corrected chi connectivity index (χ4v) is 3.07. The highest BCUT2D eigenvalue weighted by Gasteiger charge is 2.22. The molecule has 14 heavy (non-hydrogen) atoms. The molecule has 0 aromatic heterocycles. The number of hydrogen-bond donors (Lipinski definition) is 1. The second-order valence-corrected chi connectivity index (χ2v) is 5.90. The molecule has 0 heterocycles. The van der Waals surface area contributed by atoms with Crippen molar-refractivity contribution in [3.05, 3.63) is 0 Å². The molecule has 84 valence electrons. The molecule has 1 aliphatic carbocycles. The molecule has 2 atom stereocenters. The van der Waals surface area contributed by atoms with Crippen molar-refractivity contribution in [2.45, 2.75) is 45.6 Å². The summed E-state index contributed by atoms with van der Waals surface area (Å²) < 4.78 is 0. The molecule has 1 fully saturated rings. The van der Waals surface area contributed by atoms with Crippen LogP contribution in [0.15, 0.2) is 0 Å². The van der Waals surface area contributed by atoms with Crippen molar-refractivity contribution in [3.8, 4) is 0 Å². The second-order valence-electron chi connectivity index (χ2n) is 4.91. The predicted molar refractivity (Wildman–Crippen MR) is 67.0 cm³/mol. The van der Waals surface area contributed by atoms with Gasteiger partial charge in [0.2, 0.25) is 0 Å². The van der Waals surface area contributed by atoms with Gasteiger partial charge >= 0.3 is 0 Å². The summed E-state index contributed by atoms with van der Waals surface area (Å²) in [4.78, 5) is 0. The fourth-order valence-electron chi connectivity index (χ4n) is 2.64. The van der Waals surface area contributed by atoms with E-state index >= 15 is 0 Å². The fraction of sp³-hybridized carbons (Fsp3) is 1.00. The highest BCUT2D eigenvalue weighted by atomic mass is 32.2. The van der Waals surface area contributed by atoms with E-state index in [-0.39, 0.29) is 0 Å². The second kappa shape index (κ2) is 6.73. The molecule has 2 unspecified atom stereocenters. The Morgan fingerprint density at radius 1 is 1.14 bits per heavy atom. The first-order valence-electron chi connectivity index (χ1n) is 5.94. The smallest absolute Gasteiger partial charge is 0.00721 e. The topological polar surface area (TPSA) is 12.0 Å². The standard InChI is InChI=1S/C12H25NS/c1-10-7-11(2)9-12(8-10)13-5-4-6-14-3/h10-13H,4-9H2,1-3H3. The minimum Gasteiger partial charge on any atom is -0.314 e. The van der Waals surface area contributed by atoms with Crippen LogP contribution in [0.5, 0.6) is 0 Å². The number of nitrogens with one attached hydrogen (secondary N) is 1. The van der Waals surface area contributed by atoms with Crippen molar-refractivity contribution in [1.29, 1.82) is 0 Å². The van der Waals surface area contributed by atoms with Crippen molar-refractivity contribution in [3.63, 3.8) is 0 Å². The first-order chi connectivity index (χ1) is 6.72. The van der Waals surface area contributed by atoms with Crippen LogP contribution in [0.3, 0.4) is 0 Å². The zero-order valence-corrected chi connectivity index (χ0v) is 10.7. The van der Waals surface area contributed by atoms with E-state index < -0.39 is 0 Å². The normalized spacial score (nSPS) is 33.2. The van der Waals surface area contributed by atoms with E-state index in [9.17, 15) is 0 Å². The third kappa shape index (κ3) is 4.70. The van der Waals surface area contributed by atoms with Crippen LogP contribution in [0.25, 0.3) is 0 Å². The lowest BCUT2D eigenvalue weighted by Crippen LogP contribution is -2.36. The molecule has 0 spiro atoms. The SMILES string of the molecule is CSCCCNC1CC(C)CC(C)C1. The third-order valence-electron chi connectivity index (χ3n) is 3.14. The van der Waals surface area contributed by atoms with Gasteiger partial charge in [-0.1, -0.05) is 13.8 Å². The summed E-state index contributed by atoms with van der Waals surface area (Å²) in [6.07, 6.45) is 7.72. The van der Waals surface area contributed by atoms with Crippen molar-refractivity contribution in [2.75, 3.05) is 18.6 Å². The monoisotopic (exact) mass is 215 g/mol. The van der Waals surface area contributed by atoms with Crippen LogP contribution in [0.1, 0.15) is 39.5 Å². The molecule has 0 saturated heterocycles. The Bertz CT molecular complexity index is 139. The van der Waals surface area contributed by atoms with Gasteiger partial charge in [0.25, 0.3) is 0 Å². The molecular formula is C12H25NS. The Hall–Kier alpha value is 0.310. The Balaban J connectivity index is 2.10. The quantitative estimate of drug-likeness (QED) is 0.707. The van der Waals surface area contributed by atoms with Gasteiger partial charge in [-0.25, -0.2) is 0 Å². The molecule has 0 aromatic carbocycles. The summed E-state index contributed by atoms with van der Waals surface area (Å²) in [6.45, 7) is 6.00. The molecule has 1 rings (SSSR count). The van der Waals surface area contributed by atoms with E-state index in [2.05, 4.69) is 25.4 Å².